The predicted molar refractivity (Wildman–Crippen MR) is 162 cm³/mol. The van der Waals surface area contributed by atoms with Crippen LogP contribution in [0.5, 0.6) is 5.75 Å². The van der Waals surface area contributed by atoms with Crippen LogP contribution in [0.25, 0.3) is 0 Å². The van der Waals surface area contributed by atoms with Crippen molar-refractivity contribution in [3.8, 4) is 5.75 Å². The second kappa shape index (κ2) is 16.3. The van der Waals surface area contributed by atoms with Crippen LogP contribution >= 0.6 is 0 Å². The summed E-state index contributed by atoms with van der Waals surface area (Å²) >= 11 is 0. The summed E-state index contributed by atoms with van der Waals surface area (Å²) in [6, 6.07) is 19.5. The first-order chi connectivity index (χ1) is 21.3. The second-order valence-electron chi connectivity index (χ2n) is 10.1. The average Bonchev–Trinajstić information content (AvgIpc) is 3.05. The Labute approximate surface area is 257 Å². The third-order valence-electron chi connectivity index (χ3n) is 7.02. The zero-order valence-corrected chi connectivity index (χ0v) is 25.5. The smallest absolute Gasteiger partial charge is 0.261 e. The number of nitrogens with zero attached hydrogens (tertiary/aromatic N) is 2. The van der Waals surface area contributed by atoms with Crippen LogP contribution in [0, 0.1) is 5.82 Å². The van der Waals surface area contributed by atoms with Gasteiger partial charge in [0.15, 0.2) is 6.61 Å². The minimum atomic E-state index is -3.68. The molecule has 1 N–H and O–H groups in total. The Morgan fingerprint density at radius 1 is 1.00 bits per heavy atom. The van der Waals surface area contributed by atoms with Gasteiger partial charge in [-0.15, -0.1) is 0 Å². The third kappa shape index (κ3) is 9.08. The summed E-state index contributed by atoms with van der Waals surface area (Å²) in [6.07, 6.45) is 0.605. The lowest BCUT2D eigenvalue weighted by atomic mass is 10.0. The molecule has 1 saturated heterocycles. The first kappa shape index (κ1) is 33.1. The van der Waals surface area contributed by atoms with Crippen molar-refractivity contribution in [3.05, 3.63) is 95.8 Å². The van der Waals surface area contributed by atoms with Gasteiger partial charge in [-0.25, -0.2) is 12.8 Å². The van der Waals surface area contributed by atoms with Crippen molar-refractivity contribution in [3.63, 3.8) is 0 Å². The number of halogens is 1. The third-order valence-corrected chi connectivity index (χ3v) is 8.94. The van der Waals surface area contributed by atoms with E-state index in [1.54, 1.807) is 36.4 Å². The van der Waals surface area contributed by atoms with Gasteiger partial charge in [0.1, 0.15) is 17.6 Å². The Kier molecular flexibility index (Phi) is 12.2. The number of carbonyl (C=O) groups is 2. The number of sulfonamides is 1. The highest BCUT2D eigenvalue weighted by Crippen LogP contribution is 2.25. The van der Waals surface area contributed by atoms with Crippen molar-refractivity contribution < 1.29 is 36.6 Å². The summed E-state index contributed by atoms with van der Waals surface area (Å²) in [6.45, 7) is 4.16. The van der Waals surface area contributed by atoms with E-state index in [0.717, 1.165) is 0 Å². The van der Waals surface area contributed by atoms with E-state index in [1.807, 2.05) is 13.0 Å². The van der Waals surface area contributed by atoms with E-state index in [2.05, 4.69) is 5.32 Å². The summed E-state index contributed by atoms with van der Waals surface area (Å²) in [5.41, 5.74) is 1.23. The van der Waals surface area contributed by atoms with Crippen LogP contribution < -0.4 is 10.1 Å². The van der Waals surface area contributed by atoms with E-state index < -0.39 is 34.4 Å². The first-order valence-electron chi connectivity index (χ1n) is 14.5. The van der Waals surface area contributed by atoms with Gasteiger partial charge in [-0.2, -0.15) is 4.31 Å². The van der Waals surface area contributed by atoms with Crippen LogP contribution in [0.4, 0.5) is 4.39 Å². The molecule has 44 heavy (non-hydrogen) atoms. The number of rotatable bonds is 15. The van der Waals surface area contributed by atoms with Gasteiger partial charge in [0, 0.05) is 39.4 Å². The molecule has 0 saturated carbocycles. The number of benzene rings is 3. The molecule has 0 aliphatic carbocycles. The second-order valence-corrected chi connectivity index (χ2v) is 12.0. The van der Waals surface area contributed by atoms with Gasteiger partial charge in [-0.3, -0.25) is 9.59 Å². The molecule has 10 nitrogen and oxygen atoms in total. The summed E-state index contributed by atoms with van der Waals surface area (Å²) < 4.78 is 57.3. The molecular formula is C32H38FN3O7S. The van der Waals surface area contributed by atoms with Crippen LogP contribution in [0.1, 0.15) is 30.5 Å². The number of nitrogens with one attached hydrogen (secondary N) is 1. The van der Waals surface area contributed by atoms with Crippen molar-refractivity contribution in [1.29, 1.82) is 0 Å². The van der Waals surface area contributed by atoms with Gasteiger partial charge in [-0.1, -0.05) is 42.5 Å². The van der Waals surface area contributed by atoms with Crippen molar-refractivity contribution in [2.24, 2.45) is 0 Å². The number of ether oxygens (including phenoxy) is 3. The summed E-state index contributed by atoms with van der Waals surface area (Å²) in [5, 5.41) is 2.91. The molecule has 0 radical (unpaired) electrons. The maximum Gasteiger partial charge on any atom is 0.261 e. The maximum absolute atomic E-state index is 13.8. The molecule has 2 amide bonds. The Morgan fingerprint density at radius 2 is 1.68 bits per heavy atom. The quantitative estimate of drug-likeness (QED) is 0.257. The molecule has 0 aromatic heterocycles. The fraction of sp³-hybridized carbons (Fsp3) is 0.375. The molecule has 3 aromatic carbocycles. The number of hydrogen-bond donors (Lipinski definition) is 1. The lowest BCUT2D eigenvalue weighted by Gasteiger charge is -2.31. The standard InChI is InChI=1S/C32H38FN3O7S/c1-2-41-20-6-17-34-32(38)31(26-7-4-3-5-8-26)36(23-25-9-11-27(33)12-10-25)30(37)24-43-28-13-15-29(16-14-28)44(39,40)35-18-21-42-22-19-35/h3-5,7-16,31H,2,6,17-24H2,1H3,(H,34,38)/t31-/m1/s1. The largest absolute Gasteiger partial charge is 0.484 e. The van der Waals surface area contributed by atoms with Crippen molar-refractivity contribution >= 4 is 21.8 Å². The zero-order valence-electron chi connectivity index (χ0n) is 24.7. The van der Waals surface area contributed by atoms with Gasteiger partial charge >= 0.3 is 0 Å². The van der Waals surface area contributed by atoms with Crippen LogP contribution in [0.15, 0.2) is 83.8 Å². The fourth-order valence-corrected chi connectivity index (χ4v) is 6.12. The minimum absolute atomic E-state index is 0.0190. The molecule has 0 unspecified atom stereocenters. The Hall–Kier alpha value is -3.84. The summed E-state index contributed by atoms with van der Waals surface area (Å²) in [4.78, 5) is 28.9. The van der Waals surface area contributed by atoms with Gasteiger partial charge in [0.05, 0.1) is 18.1 Å². The first-order valence-corrected chi connectivity index (χ1v) is 16.0. The highest BCUT2D eigenvalue weighted by molar-refractivity contribution is 7.89. The molecule has 1 fully saturated rings. The highest BCUT2D eigenvalue weighted by atomic mass is 32.2. The summed E-state index contributed by atoms with van der Waals surface area (Å²) in [5.74, 6) is -0.989. The van der Waals surface area contributed by atoms with E-state index >= 15 is 0 Å². The number of amides is 2. The predicted octanol–water partition coefficient (Wildman–Crippen LogP) is 3.54. The minimum Gasteiger partial charge on any atom is -0.484 e. The lowest BCUT2D eigenvalue weighted by molar-refractivity contribution is -0.143. The lowest BCUT2D eigenvalue weighted by Crippen LogP contribution is -2.45. The number of morpholine rings is 1. The molecule has 1 atom stereocenters. The normalized spacial score (nSPS) is 14.5. The molecule has 0 bridgehead atoms. The Balaban J connectivity index is 1.53. The van der Waals surface area contributed by atoms with E-state index in [0.29, 0.717) is 50.5 Å². The fourth-order valence-electron chi connectivity index (χ4n) is 4.72. The molecule has 3 aromatic rings. The van der Waals surface area contributed by atoms with Crippen LogP contribution in [-0.4, -0.2) is 82.1 Å². The maximum atomic E-state index is 13.8. The van der Waals surface area contributed by atoms with Crippen LogP contribution in [-0.2, 0) is 35.6 Å². The Morgan fingerprint density at radius 3 is 2.34 bits per heavy atom. The summed E-state index contributed by atoms with van der Waals surface area (Å²) in [7, 11) is -3.68. The van der Waals surface area contributed by atoms with E-state index in [9.17, 15) is 22.4 Å². The van der Waals surface area contributed by atoms with Gasteiger partial charge in [0.2, 0.25) is 15.9 Å². The molecule has 1 aliphatic heterocycles. The monoisotopic (exact) mass is 627 g/mol. The average molecular weight is 628 g/mol. The molecule has 0 spiro atoms. The Bertz CT molecular complexity index is 1450. The zero-order chi connectivity index (χ0) is 31.4. The van der Waals surface area contributed by atoms with E-state index in [-0.39, 0.29) is 36.2 Å². The van der Waals surface area contributed by atoms with Crippen molar-refractivity contribution in [1.82, 2.24) is 14.5 Å². The molecule has 1 aliphatic rings. The van der Waals surface area contributed by atoms with Gasteiger partial charge in [0.25, 0.3) is 5.91 Å². The van der Waals surface area contributed by atoms with Crippen LogP contribution in [0.3, 0.4) is 0 Å². The number of carbonyl (C=O) groups excluding carboxylic acids is 2. The molecular weight excluding hydrogens is 589 g/mol. The molecule has 12 heteroatoms. The van der Waals surface area contributed by atoms with Crippen LogP contribution in [0.2, 0.25) is 0 Å². The van der Waals surface area contributed by atoms with E-state index in [4.69, 9.17) is 14.2 Å². The molecule has 236 valence electrons. The molecule has 4 rings (SSSR count). The number of hydrogen-bond acceptors (Lipinski definition) is 7. The highest BCUT2D eigenvalue weighted by Gasteiger charge is 2.32. The SMILES string of the molecule is CCOCCCNC(=O)[C@@H](c1ccccc1)N(Cc1ccc(F)cc1)C(=O)COc1ccc(S(=O)(=O)N2CCOCC2)cc1. The van der Waals surface area contributed by atoms with Crippen molar-refractivity contribution in [2.45, 2.75) is 30.8 Å². The van der Waals surface area contributed by atoms with Gasteiger partial charge in [-0.05, 0) is 60.9 Å². The molecule has 1 heterocycles. The van der Waals surface area contributed by atoms with E-state index in [1.165, 1.54) is 45.6 Å². The topological polar surface area (TPSA) is 114 Å². The van der Waals surface area contributed by atoms with Crippen molar-refractivity contribution in [2.75, 3.05) is 52.7 Å². The van der Waals surface area contributed by atoms with Gasteiger partial charge < -0.3 is 24.4 Å².